The van der Waals surface area contributed by atoms with Gasteiger partial charge in [0.1, 0.15) is 66.5 Å². The van der Waals surface area contributed by atoms with Crippen LogP contribution in [0.5, 0.6) is 28.7 Å². The first kappa shape index (κ1) is 88.3. The van der Waals surface area contributed by atoms with Crippen LogP contribution in [0.1, 0.15) is 96.2 Å². The molecular weight excluding hydrogens is 1870 g/mol. The topological polar surface area (TPSA) is 420 Å². The monoisotopic (exact) mass is 1940 g/mol. The first-order valence-corrected chi connectivity index (χ1v) is 45.2. The lowest BCUT2D eigenvalue weighted by atomic mass is 10.00. The number of aryl methyl sites for hydroxylation is 1. The number of ether oxygens (including phenoxy) is 5. The van der Waals surface area contributed by atoms with Crippen LogP contribution in [0.4, 0.5) is 29.7 Å². The number of likely N-dealkylation sites (tertiary alicyclic amines) is 1. The van der Waals surface area contributed by atoms with Gasteiger partial charge in [-0.25, -0.2) is 49.8 Å². The van der Waals surface area contributed by atoms with Gasteiger partial charge in [0.25, 0.3) is 11.8 Å². The summed E-state index contributed by atoms with van der Waals surface area (Å²) in [5, 5.41) is 12.2. The summed E-state index contributed by atoms with van der Waals surface area (Å²) in [6.45, 7) is 16.2. The molecule has 15 aromatic rings. The quantitative estimate of drug-likeness (QED) is 0.0517. The fourth-order valence-electron chi connectivity index (χ4n) is 16.2. The van der Waals surface area contributed by atoms with Crippen molar-refractivity contribution in [1.82, 2.24) is 79.9 Å². The number of hydrogen-bond acceptors (Lipinski definition) is 26. The van der Waals surface area contributed by atoms with Gasteiger partial charge in [0.05, 0.1) is 126 Å². The number of thiophene rings is 2. The molecule has 5 aromatic carbocycles. The predicted octanol–water partition coefficient (Wildman–Crippen LogP) is 19.8. The highest BCUT2D eigenvalue weighted by Gasteiger charge is 2.34. The Morgan fingerprint density at radius 3 is 1.25 bits per heavy atom. The fraction of sp³-hybridized carbons (Fsp3) is 0.244. The average Bonchev–Trinajstić information content (AvgIpc) is 1.65. The van der Waals surface area contributed by atoms with E-state index in [1.165, 1.54) is 47.0 Å². The average molecular weight is 1950 g/mol. The molecule has 1 fully saturated rings. The molecular formula is C86H73Cl10N21O8S2. The number of fused-ring (bicyclic) bond motifs is 10. The van der Waals surface area contributed by atoms with Gasteiger partial charge in [-0.2, -0.15) is 0 Å². The van der Waals surface area contributed by atoms with Gasteiger partial charge in [0, 0.05) is 149 Å². The fourth-order valence-corrected chi connectivity index (χ4v) is 21.4. The molecule has 6 aliphatic heterocycles. The molecule has 0 atom stereocenters. The summed E-state index contributed by atoms with van der Waals surface area (Å²) in [4.78, 5) is 91.7. The molecule has 6 aliphatic rings. The maximum Gasteiger partial charge on any atom is 0.261 e. The molecule has 0 spiro atoms. The van der Waals surface area contributed by atoms with E-state index in [-0.39, 0.29) is 47.5 Å². The van der Waals surface area contributed by atoms with Gasteiger partial charge in [-0.3, -0.25) is 19.0 Å². The van der Waals surface area contributed by atoms with Crippen molar-refractivity contribution in [2.75, 3.05) is 94.4 Å². The number of carbonyl (C=O) groups excluding carboxylic acids is 3. The number of halogens is 10. The maximum absolute atomic E-state index is 12.8. The highest BCUT2D eigenvalue weighted by molar-refractivity contribution is 7.21. The molecule has 0 unspecified atom stereocenters. The van der Waals surface area contributed by atoms with Crippen molar-refractivity contribution in [3.8, 4) is 85.0 Å². The van der Waals surface area contributed by atoms with Gasteiger partial charge in [0.2, 0.25) is 35.6 Å². The van der Waals surface area contributed by atoms with E-state index in [2.05, 4.69) is 81.9 Å². The Kier molecular flexibility index (Phi) is 25.6. The third kappa shape index (κ3) is 17.2. The molecule has 41 heteroatoms. The number of nitrogens with zero attached hydrogens (tertiary/aromatic N) is 12. The van der Waals surface area contributed by atoms with E-state index in [0.717, 1.165) is 121 Å². The standard InChI is InChI=1S/C21H21Cl2N5O2S.C18H16Cl2N4O2S.C16H12Cl2N4O2.C16H12Cl2N4O.C15H12Cl2N4O/c22-13-10-14(23)18-11(3-8-30-18)16(13)17-12-9-15(31-20(12)27-21(24)26-17)19(29)25-4-7-28-5-1-2-6-28;1-2-4-22-16(25)12-6-9-14(23-18(21)24-17(9)27-12)13-8-3-5-26-15(8)11(20)7-10(13)19;1-7(23)22-4-2-11-14(22)13(21-16(19)20-11)12-8-3-5-24-15(8)10(18)6-9(12)17;1-2-7-6-20-14-12(7)21-16(19)22-13(14)11-8-3-4-23-15(8)10(18)5-9(11)17;1-6-5-19-13-11(6)20-15(18)21-12(13)10-7-2-3-22-14(7)9(17)4-8(10)16/h9-10H,1-8H2,(H,25,29)(H2,24,26,27);6-7H,2-5H2,1H3,(H,22,25)(H2,21,23,24);2,4,6H,3,5H2,1H3,(H2,19,20,21);2,5-6,20H,1,3-4H2,(H2,19,21,22);4-5,19H,2-3H2,1H3,(H2,18,20,21). The largest absolute Gasteiger partial charge is 0.491 e. The van der Waals surface area contributed by atoms with E-state index >= 15 is 0 Å². The highest BCUT2D eigenvalue weighted by Crippen LogP contribution is 2.53. The molecule has 0 saturated carbocycles. The van der Waals surface area contributed by atoms with Crippen molar-refractivity contribution in [2.45, 2.75) is 72.1 Å². The number of amides is 2. The van der Waals surface area contributed by atoms with Crippen LogP contribution in [0.2, 0.25) is 50.2 Å². The maximum atomic E-state index is 12.8. The van der Waals surface area contributed by atoms with Gasteiger partial charge in [-0.1, -0.05) is 136 Å². The lowest BCUT2D eigenvalue weighted by Gasteiger charge is -2.14. The van der Waals surface area contributed by atoms with E-state index in [9.17, 15) is 14.4 Å². The summed E-state index contributed by atoms with van der Waals surface area (Å²) in [5.74, 6) is 3.51. The summed E-state index contributed by atoms with van der Waals surface area (Å²) in [5.41, 5.74) is 46.9. The molecule has 2 amide bonds. The first-order chi connectivity index (χ1) is 61.1. The third-order valence-electron chi connectivity index (χ3n) is 21.7. The van der Waals surface area contributed by atoms with Crippen LogP contribution < -0.4 is 63.0 Å². The second-order valence-electron chi connectivity index (χ2n) is 29.8. The van der Waals surface area contributed by atoms with Gasteiger partial charge < -0.3 is 77.9 Å². The third-order valence-corrected chi connectivity index (χ3v) is 26.7. The van der Waals surface area contributed by atoms with Gasteiger partial charge >= 0.3 is 0 Å². The van der Waals surface area contributed by atoms with Crippen molar-refractivity contribution in [3.05, 3.63) is 173 Å². The van der Waals surface area contributed by atoms with Crippen molar-refractivity contribution < 1.29 is 38.1 Å². The lowest BCUT2D eigenvalue weighted by molar-refractivity contribution is 0.0936. The van der Waals surface area contributed by atoms with E-state index < -0.39 is 0 Å². The number of benzene rings is 5. The number of nitrogens with one attached hydrogen (secondary N) is 4. The lowest BCUT2D eigenvalue weighted by Crippen LogP contribution is -2.33. The zero-order chi connectivity index (χ0) is 89.2. The minimum absolute atomic E-state index is 0.109. The first-order valence-electron chi connectivity index (χ1n) is 39.8. The molecule has 21 rings (SSSR count). The Morgan fingerprint density at radius 1 is 0.472 bits per heavy atom. The molecule has 127 heavy (non-hydrogen) atoms. The number of nitrogen functional groups attached to an aromatic ring is 5. The van der Waals surface area contributed by atoms with E-state index in [0.29, 0.717) is 221 Å². The Labute approximate surface area is 781 Å². The minimum atomic E-state index is -0.155. The molecule has 0 bridgehead atoms. The van der Waals surface area contributed by atoms with E-state index in [1.54, 1.807) is 54.7 Å². The van der Waals surface area contributed by atoms with Crippen molar-refractivity contribution >= 4 is 246 Å². The summed E-state index contributed by atoms with van der Waals surface area (Å²) in [6.07, 6.45) is 13.8. The van der Waals surface area contributed by atoms with Gasteiger partial charge in [-0.05, 0) is 93.4 Å². The Hall–Kier alpha value is -10.8. The second-order valence-corrected chi connectivity index (χ2v) is 35.9. The minimum Gasteiger partial charge on any atom is -0.491 e. The molecule has 652 valence electrons. The molecule has 29 nitrogen and oxygen atoms in total. The van der Waals surface area contributed by atoms with Crippen LogP contribution in [0.25, 0.3) is 116 Å². The Bertz CT molecular complexity index is 7060. The Morgan fingerprint density at radius 2 is 0.835 bits per heavy atom. The normalized spacial score (nSPS) is 13.8. The zero-order valence-corrected chi connectivity index (χ0v) is 76.7. The van der Waals surface area contributed by atoms with Crippen molar-refractivity contribution in [1.29, 1.82) is 0 Å². The molecule has 1 saturated heterocycles. The number of anilines is 5. The molecule has 10 aromatic heterocycles. The summed E-state index contributed by atoms with van der Waals surface area (Å²) < 4.78 is 29.7. The number of aromatic nitrogens is 13. The number of aromatic amines is 2. The van der Waals surface area contributed by atoms with Crippen LogP contribution in [-0.2, 0) is 32.1 Å². The number of hydrogen-bond donors (Lipinski definition) is 9. The second kappa shape index (κ2) is 36.8. The number of H-pyrrole nitrogens is 2. The highest BCUT2D eigenvalue weighted by atomic mass is 35.5. The number of carbonyl (C=O) groups is 3. The number of rotatable bonds is 13. The van der Waals surface area contributed by atoms with Crippen molar-refractivity contribution in [2.24, 2.45) is 0 Å². The molecule has 16 heterocycles. The van der Waals surface area contributed by atoms with Gasteiger partial charge in [-0.15, -0.1) is 22.7 Å². The van der Waals surface area contributed by atoms with Crippen molar-refractivity contribution in [3.63, 3.8) is 0 Å². The van der Waals surface area contributed by atoms with E-state index in [4.69, 9.17) is 168 Å². The molecule has 0 aliphatic carbocycles. The summed E-state index contributed by atoms with van der Waals surface area (Å²) in [7, 11) is 0. The summed E-state index contributed by atoms with van der Waals surface area (Å²) >= 11 is 66.3. The summed E-state index contributed by atoms with van der Waals surface area (Å²) in [6, 6.07) is 13.6. The SMILES string of the molecule is C=Cc1c[nH]c2c(-c3c(Cl)cc(Cl)c4c3CCO4)nc(N)nc12.CC(=O)n1ccc2nc(N)nc(-c3c(Cl)cc(Cl)c4c3CCO4)c21.CCCNC(=O)c1cc2c(-c3c(Cl)cc(Cl)c4c3CCO4)nc(N)nc2s1.Cc1c[nH]c2c(-c3c(Cl)cc(Cl)c4c3CCO4)nc(N)nc12.Nc1nc(-c2c(Cl)cc(Cl)c3c2CCO3)c2cc(C(=O)NCCN3CCCC3)sc2n1. The van der Waals surface area contributed by atoms with Crippen LogP contribution in [-0.4, -0.2) is 153 Å². The molecule has 0 radical (unpaired) electrons. The van der Waals surface area contributed by atoms with Crippen LogP contribution in [0.3, 0.4) is 0 Å². The van der Waals surface area contributed by atoms with E-state index in [1.807, 2.05) is 32.3 Å². The molecule has 14 N–H and O–H groups in total. The zero-order valence-electron chi connectivity index (χ0n) is 67.5. The predicted molar refractivity (Wildman–Crippen MR) is 507 cm³/mol. The van der Waals surface area contributed by atoms with Crippen LogP contribution in [0, 0.1) is 6.92 Å². The number of nitrogens with two attached hydrogens (primary N) is 5. The smallest absolute Gasteiger partial charge is 0.261 e. The van der Waals surface area contributed by atoms with Gasteiger partial charge in [0.15, 0.2) is 0 Å². The Balaban J connectivity index is 0.000000112. The van der Waals surface area contributed by atoms with Crippen LogP contribution >= 0.6 is 139 Å². The van der Waals surface area contributed by atoms with Crippen LogP contribution in [0.15, 0.2) is 73.7 Å².